The van der Waals surface area contributed by atoms with Gasteiger partial charge in [0, 0.05) is 16.8 Å². The minimum atomic E-state index is -0.101. The van der Waals surface area contributed by atoms with Crippen LogP contribution >= 0.6 is 15.9 Å². The van der Waals surface area contributed by atoms with E-state index >= 15 is 0 Å². The molecule has 1 amide bonds. The average Bonchev–Trinajstić information content (AvgIpc) is 2.58. The Morgan fingerprint density at radius 1 is 1.56 bits per heavy atom. The number of carbonyl (C=O) groups is 1. The van der Waals surface area contributed by atoms with Crippen LogP contribution in [-0.2, 0) is 4.79 Å². The van der Waals surface area contributed by atoms with Gasteiger partial charge in [0.2, 0.25) is 5.91 Å². The van der Waals surface area contributed by atoms with E-state index in [2.05, 4.69) is 48.9 Å². The molecule has 0 saturated heterocycles. The summed E-state index contributed by atoms with van der Waals surface area (Å²) in [6.45, 7) is 8.63. The fourth-order valence-electron chi connectivity index (χ4n) is 2.41. The molecule has 1 saturated carbocycles. The number of halogens is 1. The minimum Gasteiger partial charge on any atom is -0.350 e. The Labute approximate surface area is 108 Å². The maximum absolute atomic E-state index is 12.3. The van der Waals surface area contributed by atoms with Gasteiger partial charge < -0.3 is 5.32 Å². The van der Waals surface area contributed by atoms with Crippen molar-refractivity contribution in [3.05, 3.63) is 0 Å². The van der Waals surface area contributed by atoms with Crippen LogP contribution in [-0.4, -0.2) is 16.8 Å². The molecule has 1 N–H and O–H groups in total. The van der Waals surface area contributed by atoms with Crippen molar-refractivity contribution < 1.29 is 4.79 Å². The van der Waals surface area contributed by atoms with E-state index in [0.29, 0.717) is 0 Å². The molecule has 1 fully saturated rings. The molecule has 0 radical (unpaired) electrons. The second kappa shape index (κ2) is 5.07. The van der Waals surface area contributed by atoms with Crippen molar-refractivity contribution in [3.8, 4) is 0 Å². The summed E-state index contributed by atoms with van der Waals surface area (Å²) in [5.41, 5.74) is 0.0702. The van der Waals surface area contributed by atoms with Gasteiger partial charge in [0.05, 0.1) is 0 Å². The van der Waals surface area contributed by atoms with Gasteiger partial charge in [-0.1, -0.05) is 43.1 Å². The third kappa shape index (κ3) is 2.99. The molecule has 0 bridgehead atoms. The molecule has 16 heavy (non-hydrogen) atoms. The molecule has 1 aliphatic rings. The smallest absolute Gasteiger partial charge is 0.224 e. The monoisotopic (exact) mass is 289 g/mol. The van der Waals surface area contributed by atoms with Crippen LogP contribution < -0.4 is 5.32 Å². The molecule has 0 aromatic rings. The highest BCUT2D eigenvalue weighted by Gasteiger charge is 2.40. The number of hydrogen-bond donors (Lipinski definition) is 1. The fraction of sp³-hybridized carbons (Fsp3) is 0.923. The molecule has 0 aliphatic heterocycles. The predicted octanol–water partition coefficient (Wildman–Crippen LogP) is 3.49. The molecule has 2 nitrogen and oxygen atoms in total. The molecule has 0 aromatic carbocycles. The summed E-state index contributed by atoms with van der Waals surface area (Å²) in [4.78, 5) is 12.3. The summed E-state index contributed by atoms with van der Waals surface area (Å²) >= 11 is 3.48. The molecule has 2 unspecified atom stereocenters. The van der Waals surface area contributed by atoms with E-state index in [0.717, 1.165) is 18.2 Å². The lowest BCUT2D eigenvalue weighted by atomic mass is 9.81. The van der Waals surface area contributed by atoms with Crippen LogP contribution in [0.1, 0.15) is 53.4 Å². The lowest BCUT2D eigenvalue weighted by Gasteiger charge is -2.32. The van der Waals surface area contributed by atoms with Gasteiger partial charge in [0.1, 0.15) is 0 Å². The van der Waals surface area contributed by atoms with Crippen molar-refractivity contribution in [2.45, 2.75) is 58.9 Å². The van der Waals surface area contributed by atoms with Crippen molar-refractivity contribution in [1.29, 1.82) is 0 Å². The van der Waals surface area contributed by atoms with Crippen molar-refractivity contribution in [1.82, 2.24) is 5.32 Å². The summed E-state index contributed by atoms with van der Waals surface area (Å²) in [6.07, 6.45) is 4.35. The minimum absolute atomic E-state index is 0.101. The zero-order chi connectivity index (χ0) is 12.4. The van der Waals surface area contributed by atoms with E-state index in [9.17, 15) is 4.79 Å². The second-order valence-corrected chi connectivity index (χ2v) is 6.53. The first-order chi connectivity index (χ1) is 7.34. The lowest BCUT2D eigenvalue weighted by molar-refractivity contribution is -0.129. The van der Waals surface area contributed by atoms with Crippen LogP contribution in [0.5, 0.6) is 0 Å². The molecule has 2 atom stereocenters. The first kappa shape index (κ1) is 14.0. The van der Waals surface area contributed by atoms with E-state index in [-0.39, 0.29) is 22.8 Å². The average molecular weight is 290 g/mol. The van der Waals surface area contributed by atoms with Crippen molar-refractivity contribution in [3.63, 3.8) is 0 Å². The Morgan fingerprint density at radius 2 is 2.19 bits per heavy atom. The molecular weight excluding hydrogens is 266 g/mol. The molecule has 94 valence electrons. The van der Waals surface area contributed by atoms with Crippen LogP contribution in [0.25, 0.3) is 0 Å². The van der Waals surface area contributed by atoms with Crippen LogP contribution in [0.15, 0.2) is 0 Å². The zero-order valence-electron chi connectivity index (χ0n) is 10.9. The van der Waals surface area contributed by atoms with Gasteiger partial charge in [-0.3, -0.25) is 4.79 Å². The van der Waals surface area contributed by atoms with Crippen molar-refractivity contribution in [2.75, 3.05) is 5.33 Å². The maximum Gasteiger partial charge on any atom is 0.224 e. The molecule has 0 heterocycles. The highest BCUT2D eigenvalue weighted by Crippen LogP contribution is 2.42. The number of carbonyl (C=O) groups excluding carboxylic acids is 1. The molecule has 1 aliphatic carbocycles. The summed E-state index contributed by atoms with van der Waals surface area (Å²) < 4.78 is 0. The van der Waals surface area contributed by atoms with Gasteiger partial charge in [0.15, 0.2) is 0 Å². The van der Waals surface area contributed by atoms with E-state index in [1.165, 1.54) is 12.8 Å². The molecule has 3 heteroatoms. The van der Waals surface area contributed by atoms with Gasteiger partial charge in [0.25, 0.3) is 0 Å². The third-order valence-electron chi connectivity index (χ3n) is 4.07. The quantitative estimate of drug-likeness (QED) is 0.789. The molecular formula is C13H24BrNO. The Hall–Kier alpha value is -0.0500. The summed E-state index contributed by atoms with van der Waals surface area (Å²) in [7, 11) is 0. The van der Waals surface area contributed by atoms with Crippen LogP contribution in [0.3, 0.4) is 0 Å². The summed E-state index contributed by atoms with van der Waals surface area (Å²) in [5, 5.41) is 4.02. The Morgan fingerprint density at radius 3 is 2.56 bits per heavy atom. The second-order valence-electron chi connectivity index (χ2n) is 5.97. The Bertz CT molecular complexity index is 259. The summed E-state index contributed by atoms with van der Waals surface area (Å²) in [6, 6.07) is 0. The largest absolute Gasteiger partial charge is 0.350 e. The van der Waals surface area contributed by atoms with Gasteiger partial charge in [-0.25, -0.2) is 0 Å². The third-order valence-corrected chi connectivity index (χ3v) is 5.31. The standard InChI is InChI=1S/C13H24BrNO/c1-5-13(4,9-14)15-11(16)10-7-6-8-12(10,2)3/h10H,5-9H2,1-4H3,(H,15,16). The topological polar surface area (TPSA) is 29.1 Å². The Balaban J connectivity index is 2.65. The van der Waals surface area contributed by atoms with Crippen molar-refractivity contribution >= 4 is 21.8 Å². The van der Waals surface area contributed by atoms with Gasteiger partial charge in [-0.15, -0.1) is 0 Å². The summed E-state index contributed by atoms with van der Waals surface area (Å²) in [5.74, 6) is 0.434. The SMILES string of the molecule is CCC(C)(CBr)NC(=O)C1CCCC1(C)C. The number of amides is 1. The van der Waals surface area contributed by atoms with E-state index in [1.807, 2.05) is 0 Å². The van der Waals surface area contributed by atoms with Crippen molar-refractivity contribution in [2.24, 2.45) is 11.3 Å². The molecule has 1 rings (SSSR count). The lowest BCUT2D eigenvalue weighted by Crippen LogP contribution is -2.50. The number of nitrogens with one attached hydrogen (secondary N) is 1. The van der Waals surface area contributed by atoms with Crippen LogP contribution in [0.4, 0.5) is 0 Å². The van der Waals surface area contributed by atoms with Crippen LogP contribution in [0, 0.1) is 11.3 Å². The van der Waals surface area contributed by atoms with E-state index < -0.39 is 0 Å². The predicted molar refractivity (Wildman–Crippen MR) is 71.8 cm³/mol. The highest BCUT2D eigenvalue weighted by molar-refractivity contribution is 9.09. The fourth-order valence-corrected chi connectivity index (χ4v) is 2.95. The Kier molecular flexibility index (Phi) is 4.44. The van der Waals surface area contributed by atoms with Gasteiger partial charge in [-0.2, -0.15) is 0 Å². The number of hydrogen-bond acceptors (Lipinski definition) is 1. The van der Waals surface area contributed by atoms with Gasteiger partial charge >= 0.3 is 0 Å². The normalized spacial score (nSPS) is 27.4. The van der Waals surface area contributed by atoms with Gasteiger partial charge in [-0.05, 0) is 31.6 Å². The van der Waals surface area contributed by atoms with E-state index in [4.69, 9.17) is 0 Å². The first-order valence-corrected chi connectivity index (χ1v) is 7.35. The molecule has 0 spiro atoms. The first-order valence-electron chi connectivity index (χ1n) is 6.22. The number of rotatable bonds is 4. The highest BCUT2D eigenvalue weighted by atomic mass is 79.9. The maximum atomic E-state index is 12.3. The number of alkyl halides is 1. The zero-order valence-corrected chi connectivity index (χ0v) is 12.5. The van der Waals surface area contributed by atoms with Crippen LogP contribution in [0.2, 0.25) is 0 Å². The molecule has 0 aromatic heterocycles. The van der Waals surface area contributed by atoms with E-state index in [1.54, 1.807) is 0 Å².